The van der Waals surface area contributed by atoms with Crippen molar-refractivity contribution >= 4 is 0 Å². The molecule has 5 nitrogen and oxygen atoms in total. The molecule has 0 saturated heterocycles. The second-order valence-electron chi connectivity index (χ2n) is 13.3. The van der Waals surface area contributed by atoms with E-state index in [2.05, 4.69) is 131 Å². The number of aryl methyl sites for hydroxylation is 5. The summed E-state index contributed by atoms with van der Waals surface area (Å²) < 4.78 is 11.1. The van der Waals surface area contributed by atoms with E-state index in [1.807, 2.05) is 18.2 Å². The topological polar surface area (TPSA) is 44.9 Å². The monoisotopic (exact) mass is 606 g/mol. The summed E-state index contributed by atoms with van der Waals surface area (Å²) in [4.78, 5) is 10.6. The lowest BCUT2D eigenvalue weighted by Crippen LogP contribution is -2.10. The summed E-state index contributed by atoms with van der Waals surface area (Å²) in [5.41, 5.74) is 12.8. The van der Waals surface area contributed by atoms with Gasteiger partial charge in [-0.1, -0.05) is 87.9 Å². The van der Waals surface area contributed by atoms with Crippen LogP contribution in [0.25, 0.3) is 34.0 Å². The van der Waals surface area contributed by atoms with Crippen LogP contribution in [-0.2, 0) is 12.8 Å². The largest absolute Gasteiger partial charge is 0.457 e. The van der Waals surface area contributed by atoms with Crippen molar-refractivity contribution in [3.63, 3.8) is 0 Å². The second kappa shape index (κ2) is 11.8. The summed E-state index contributed by atoms with van der Waals surface area (Å²) in [5.74, 6) is 4.24. The molecule has 0 radical (unpaired) electrons. The maximum Gasteiger partial charge on any atom is 0.144 e. The third kappa shape index (κ3) is 5.44. The molecule has 0 fully saturated rings. The van der Waals surface area contributed by atoms with E-state index in [-0.39, 0.29) is 0 Å². The van der Waals surface area contributed by atoms with Gasteiger partial charge < -0.3 is 9.30 Å². The molecule has 6 aromatic rings. The summed E-state index contributed by atoms with van der Waals surface area (Å²) in [6.07, 6.45) is 5.95. The first-order chi connectivity index (χ1) is 22.2. The molecule has 7 rings (SSSR count). The van der Waals surface area contributed by atoms with Gasteiger partial charge in [0.2, 0.25) is 0 Å². The van der Waals surface area contributed by atoms with E-state index in [0.717, 1.165) is 58.5 Å². The predicted molar refractivity (Wildman–Crippen MR) is 188 cm³/mol. The molecule has 2 aromatic heterocycles. The van der Waals surface area contributed by atoms with E-state index in [4.69, 9.17) is 14.7 Å². The van der Waals surface area contributed by atoms with Crippen LogP contribution in [0.4, 0.5) is 0 Å². The van der Waals surface area contributed by atoms with E-state index < -0.39 is 0 Å². The Morgan fingerprint density at radius 2 is 1.24 bits per heavy atom. The highest BCUT2D eigenvalue weighted by Gasteiger charge is 2.22. The smallest absolute Gasteiger partial charge is 0.144 e. The molecule has 232 valence electrons. The third-order valence-electron chi connectivity index (χ3n) is 9.06. The lowest BCUT2D eigenvalue weighted by atomic mass is 9.92. The number of fused-ring (bicyclic) bond motifs is 10. The Morgan fingerprint density at radius 3 is 1.89 bits per heavy atom. The van der Waals surface area contributed by atoms with Gasteiger partial charge in [-0.05, 0) is 85.5 Å². The van der Waals surface area contributed by atoms with Gasteiger partial charge in [-0.15, -0.1) is 0 Å². The Balaban J connectivity index is 1.45. The van der Waals surface area contributed by atoms with Gasteiger partial charge in [-0.25, -0.2) is 9.97 Å². The van der Waals surface area contributed by atoms with E-state index >= 15 is 0 Å². The molecule has 0 unspecified atom stereocenters. The number of ether oxygens (including phenoxy) is 1. The van der Waals surface area contributed by atoms with Crippen LogP contribution in [0.1, 0.15) is 78.9 Å². The van der Waals surface area contributed by atoms with Gasteiger partial charge in [-0.2, -0.15) is 0 Å². The SMILES string of the molecule is Cc1cc(C)c(-n2cc3nc2-c2cccc(c2)Oc2cccc(c2)-c2cn(-c4c(C(C)C)cccc4C(C)C)c(n2)CC3)c(C)c1. The van der Waals surface area contributed by atoms with Crippen LogP contribution in [0.3, 0.4) is 0 Å². The molecule has 8 bridgehead atoms. The van der Waals surface area contributed by atoms with Gasteiger partial charge in [0.15, 0.2) is 0 Å². The fourth-order valence-corrected chi connectivity index (χ4v) is 6.99. The average molecular weight is 607 g/mol. The van der Waals surface area contributed by atoms with Crippen LogP contribution in [0, 0.1) is 20.8 Å². The van der Waals surface area contributed by atoms with E-state index in [1.165, 1.54) is 39.2 Å². The third-order valence-corrected chi connectivity index (χ3v) is 9.06. The van der Waals surface area contributed by atoms with E-state index in [0.29, 0.717) is 11.8 Å². The standard InChI is InChI=1S/C41H42N4O/c1-25(2)35-15-10-16-36(26(3)4)40(35)44-24-37-30-11-8-13-33(21-30)46-34-14-9-12-31(22-34)41-42-32(17-18-38(44)43-37)23-45(41)39-28(6)19-27(5)20-29(39)7/h8-16,19-26H,17-18H2,1-7H3. The van der Waals surface area contributed by atoms with Gasteiger partial charge >= 0.3 is 0 Å². The molecular weight excluding hydrogens is 564 g/mol. The number of hydrogen-bond donors (Lipinski definition) is 0. The zero-order valence-electron chi connectivity index (χ0n) is 27.9. The van der Waals surface area contributed by atoms with Gasteiger partial charge in [0, 0.05) is 29.9 Å². The molecule has 5 heteroatoms. The molecule has 1 aliphatic rings. The van der Waals surface area contributed by atoms with Crippen molar-refractivity contribution in [1.29, 1.82) is 0 Å². The molecular formula is C41H42N4O. The molecule has 0 N–H and O–H groups in total. The van der Waals surface area contributed by atoms with Crippen LogP contribution in [0.5, 0.6) is 11.5 Å². The maximum absolute atomic E-state index is 6.49. The summed E-state index contributed by atoms with van der Waals surface area (Å²) in [6.45, 7) is 15.6. The first-order valence-electron chi connectivity index (χ1n) is 16.4. The number of hydrogen-bond acceptors (Lipinski definition) is 3. The van der Waals surface area contributed by atoms with E-state index in [1.54, 1.807) is 0 Å². The van der Waals surface area contributed by atoms with Gasteiger partial charge in [-0.3, -0.25) is 4.57 Å². The minimum atomic E-state index is 0.371. The number of nitrogens with zero attached hydrogens (tertiary/aromatic N) is 4. The van der Waals surface area contributed by atoms with Crippen molar-refractivity contribution in [1.82, 2.24) is 19.1 Å². The molecule has 0 aliphatic carbocycles. The second-order valence-corrected chi connectivity index (χ2v) is 13.3. The van der Waals surface area contributed by atoms with Crippen molar-refractivity contribution in [3.8, 4) is 45.5 Å². The Kier molecular flexibility index (Phi) is 7.64. The van der Waals surface area contributed by atoms with Crippen LogP contribution in [-0.4, -0.2) is 19.1 Å². The fraction of sp³-hybridized carbons (Fsp3) is 0.268. The van der Waals surface area contributed by atoms with Crippen LogP contribution in [0.2, 0.25) is 0 Å². The highest BCUT2D eigenvalue weighted by molar-refractivity contribution is 5.66. The van der Waals surface area contributed by atoms with Gasteiger partial charge in [0.05, 0.1) is 22.8 Å². The number of aromatic nitrogens is 4. The summed E-state index contributed by atoms with van der Waals surface area (Å²) >= 11 is 0. The molecule has 0 amide bonds. The molecule has 0 saturated carbocycles. The summed E-state index contributed by atoms with van der Waals surface area (Å²) in [7, 11) is 0. The zero-order valence-corrected chi connectivity index (χ0v) is 27.9. The Morgan fingerprint density at radius 1 is 0.630 bits per heavy atom. The fourth-order valence-electron chi connectivity index (χ4n) is 6.99. The Labute approximate surface area is 272 Å². The van der Waals surface area contributed by atoms with Crippen molar-refractivity contribution in [2.45, 2.75) is 73.1 Å². The molecule has 46 heavy (non-hydrogen) atoms. The number of imidazole rings is 2. The molecule has 0 atom stereocenters. The molecule has 0 spiro atoms. The molecule has 3 heterocycles. The van der Waals surface area contributed by atoms with Crippen LogP contribution >= 0.6 is 0 Å². The summed E-state index contributed by atoms with van der Waals surface area (Å²) in [5, 5.41) is 0. The quantitative estimate of drug-likeness (QED) is 0.201. The maximum atomic E-state index is 6.49. The normalized spacial score (nSPS) is 12.6. The summed E-state index contributed by atoms with van der Waals surface area (Å²) in [6, 6.07) is 27.8. The first kappa shape index (κ1) is 29.8. The van der Waals surface area contributed by atoms with E-state index in [9.17, 15) is 0 Å². The zero-order chi connectivity index (χ0) is 32.1. The Hall–Kier alpha value is -4.90. The van der Waals surface area contributed by atoms with Gasteiger partial charge in [0.25, 0.3) is 0 Å². The average Bonchev–Trinajstić information content (AvgIpc) is 3.63. The van der Waals surface area contributed by atoms with Crippen molar-refractivity contribution in [2.75, 3.05) is 0 Å². The first-order valence-corrected chi connectivity index (χ1v) is 16.4. The minimum Gasteiger partial charge on any atom is -0.457 e. The van der Waals surface area contributed by atoms with Crippen molar-refractivity contribution in [3.05, 3.63) is 131 Å². The highest BCUT2D eigenvalue weighted by atomic mass is 16.5. The van der Waals surface area contributed by atoms with Gasteiger partial charge in [0.1, 0.15) is 23.1 Å². The lowest BCUT2D eigenvalue weighted by Gasteiger charge is -2.21. The predicted octanol–water partition coefficient (Wildman–Crippen LogP) is 10.5. The number of para-hydroxylation sites is 1. The highest BCUT2D eigenvalue weighted by Crippen LogP contribution is 2.36. The van der Waals surface area contributed by atoms with Crippen LogP contribution < -0.4 is 4.74 Å². The van der Waals surface area contributed by atoms with Crippen molar-refractivity contribution in [2.24, 2.45) is 0 Å². The van der Waals surface area contributed by atoms with Crippen LogP contribution in [0.15, 0.2) is 91.3 Å². The minimum absolute atomic E-state index is 0.371. The molecule has 4 aromatic carbocycles. The number of rotatable bonds is 4. The lowest BCUT2D eigenvalue weighted by molar-refractivity contribution is 0.483. The Bertz CT molecular complexity index is 2030. The van der Waals surface area contributed by atoms with Crippen molar-refractivity contribution < 1.29 is 4.74 Å². The number of benzene rings is 4. The molecule has 1 aliphatic heterocycles.